The van der Waals surface area contributed by atoms with Crippen molar-refractivity contribution in [3.8, 4) is 33.9 Å². The Morgan fingerprint density at radius 3 is 1.79 bits per heavy atom. The highest BCUT2D eigenvalue weighted by Gasteiger charge is 2.27. The van der Waals surface area contributed by atoms with Crippen LogP contribution in [-0.2, 0) is 43.2 Å². The van der Waals surface area contributed by atoms with Crippen LogP contribution in [0.25, 0.3) is 56.0 Å². The van der Waals surface area contributed by atoms with E-state index < -0.39 is 35.6 Å². The molecule has 10 aromatic rings. The first-order valence-electron chi connectivity index (χ1n) is 23.7. The summed E-state index contributed by atoms with van der Waals surface area (Å²) in [5.41, 5.74) is 3.33. The van der Waals surface area contributed by atoms with Crippen molar-refractivity contribution in [1.82, 2.24) is 61.7 Å². The fourth-order valence-electron chi connectivity index (χ4n) is 8.96. The molecule has 7 heterocycles. The number of nitrogens with one attached hydrogen (secondary N) is 1. The maximum atomic E-state index is 14.4. The van der Waals surface area contributed by atoms with Gasteiger partial charge in [0.1, 0.15) is 23.9 Å². The van der Waals surface area contributed by atoms with E-state index in [1.807, 2.05) is 12.3 Å². The molecule has 0 saturated carbocycles. The topological polar surface area (TPSA) is 275 Å². The number of hydrogen-bond donors (Lipinski definition) is 1. The van der Waals surface area contributed by atoms with Crippen molar-refractivity contribution in [2.24, 2.45) is 0 Å². The predicted molar refractivity (Wildman–Crippen MR) is 289 cm³/mol. The average Bonchev–Trinajstić information content (AvgIpc) is 4.17. The molecule has 22 nitrogen and oxygen atoms in total. The summed E-state index contributed by atoms with van der Waals surface area (Å²) in [7, 11) is -11.7. The first-order chi connectivity index (χ1) is 37.0. The zero-order chi connectivity index (χ0) is 53.6. The summed E-state index contributed by atoms with van der Waals surface area (Å²) in [4.78, 5) is 54.1. The molecule has 0 unspecified atom stereocenters. The number of sulfonamides is 1. The van der Waals surface area contributed by atoms with Crippen LogP contribution >= 0.6 is 11.8 Å². The molecule has 0 spiro atoms. The molecule has 1 aliphatic rings. The van der Waals surface area contributed by atoms with Crippen LogP contribution in [0.5, 0.6) is 0 Å². The van der Waals surface area contributed by atoms with Crippen molar-refractivity contribution >= 4 is 69.8 Å². The van der Waals surface area contributed by atoms with Crippen molar-refractivity contribution in [3.05, 3.63) is 178 Å². The molecule has 1 fully saturated rings. The van der Waals surface area contributed by atoms with E-state index in [0.29, 0.717) is 80.9 Å². The molecule has 390 valence electrons. The zero-order valence-electron chi connectivity index (χ0n) is 40.9. The molecule has 77 heavy (non-hydrogen) atoms. The van der Waals surface area contributed by atoms with Gasteiger partial charge in [-0.3, -0.25) is 18.7 Å². The Morgan fingerprint density at radius 2 is 1.18 bits per heavy atom. The maximum Gasteiger partial charge on any atom is 0.284 e. The molecule has 0 bridgehead atoms. The summed E-state index contributed by atoms with van der Waals surface area (Å²) >= 11 is 1.35. The van der Waals surface area contributed by atoms with Crippen LogP contribution in [0.15, 0.2) is 171 Å². The van der Waals surface area contributed by atoms with Gasteiger partial charge in [0.25, 0.3) is 31.2 Å². The van der Waals surface area contributed by atoms with Gasteiger partial charge in [0.15, 0.2) is 16.8 Å². The SMILES string of the molecule is CSc1ncc2ccc(=O)n(Cc3ccc(S(=O)(=O)n4cnc(-c5cccc(-c6cc(=O)n(Cc7ccc(S(=O)(=O)n8cnc(-c9ccccc9)n8)cc7)c7nc(NC8CCN(S(C)(=O)=O)CC8)ncc67)c5)n4)cc3)c2n1. The maximum absolute atomic E-state index is 14.4. The Labute approximate surface area is 444 Å². The number of anilines is 1. The number of thioether (sulfide) groups is 1. The Bertz CT molecular complexity index is 4370. The monoisotopic (exact) mass is 1110 g/mol. The van der Waals surface area contributed by atoms with Gasteiger partial charge in [-0.15, -0.1) is 18.4 Å². The third kappa shape index (κ3) is 10.3. The highest BCUT2D eigenvalue weighted by Crippen LogP contribution is 2.31. The quantitative estimate of drug-likeness (QED) is 0.102. The summed E-state index contributed by atoms with van der Waals surface area (Å²) in [6.45, 7) is 0.745. The summed E-state index contributed by atoms with van der Waals surface area (Å²) in [6, 6.07) is 32.5. The van der Waals surface area contributed by atoms with Gasteiger partial charge < -0.3 is 5.32 Å². The van der Waals surface area contributed by atoms with Crippen molar-refractivity contribution in [2.75, 3.05) is 30.9 Å². The van der Waals surface area contributed by atoms with E-state index in [0.717, 1.165) is 20.8 Å². The lowest BCUT2D eigenvalue weighted by molar-refractivity contribution is 0.331. The van der Waals surface area contributed by atoms with Gasteiger partial charge in [0.2, 0.25) is 16.0 Å². The Morgan fingerprint density at radius 1 is 0.597 bits per heavy atom. The number of fused-ring (bicyclic) bond motifs is 2. The minimum Gasteiger partial charge on any atom is -0.351 e. The highest BCUT2D eigenvalue weighted by atomic mass is 32.2. The second-order valence-corrected chi connectivity index (χ2v) is 24.4. The molecule has 11 rings (SSSR count). The molecular formula is C51H44N14O8S4. The third-order valence-corrected chi connectivity index (χ3v) is 18.0. The molecular weight excluding hydrogens is 1060 g/mol. The lowest BCUT2D eigenvalue weighted by Gasteiger charge is -2.30. The molecule has 1 aliphatic heterocycles. The molecule has 1 saturated heterocycles. The van der Waals surface area contributed by atoms with Crippen LogP contribution in [0.4, 0.5) is 5.95 Å². The molecule has 0 amide bonds. The van der Waals surface area contributed by atoms with E-state index in [-0.39, 0.29) is 57.7 Å². The summed E-state index contributed by atoms with van der Waals surface area (Å²) in [6.07, 6.45) is 9.49. The van der Waals surface area contributed by atoms with Crippen LogP contribution in [0.2, 0.25) is 0 Å². The van der Waals surface area contributed by atoms with E-state index in [1.165, 1.54) is 67.9 Å². The predicted octanol–water partition coefficient (Wildman–Crippen LogP) is 5.21. The van der Waals surface area contributed by atoms with Crippen molar-refractivity contribution in [2.45, 2.75) is 46.9 Å². The molecule has 0 aliphatic carbocycles. The highest BCUT2D eigenvalue weighted by molar-refractivity contribution is 7.98. The molecule has 6 aromatic heterocycles. The lowest BCUT2D eigenvalue weighted by Crippen LogP contribution is -2.42. The van der Waals surface area contributed by atoms with E-state index in [2.05, 4.69) is 40.4 Å². The Hall–Kier alpha value is -8.30. The second-order valence-electron chi connectivity index (χ2n) is 18.0. The van der Waals surface area contributed by atoms with Gasteiger partial charge in [-0.25, -0.2) is 37.6 Å². The first-order valence-corrected chi connectivity index (χ1v) is 29.7. The van der Waals surface area contributed by atoms with Gasteiger partial charge in [-0.1, -0.05) is 84.6 Å². The van der Waals surface area contributed by atoms with Crippen molar-refractivity contribution in [3.63, 3.8) is 0 Å². The number of aromatic nitrogens is 12. The van der Waals surface area contributed by atoms with Crippen LogP contribution in [0.3, 0.4) is 0 Å². The van der Waals surface area contributed by atoms with E-state index in [4.69, 9.17) is 4.98 Å². The average molecular weight is 1110 g/mol. The number of piperidine rings is 1. The number of nitrogens with zero attached hydrogens (tertiary/aromatic N) is 13. The van der Waals surface area contributed by atoms with Gasteiger partial charge in [0.05, 0.1) is 29.1 Å². The Balaban J connectivity index is 0.878. The van der Waals surface area contributed by atoms with Crippen LogP contribution < -0.4 is 16.4 Å². The minimum absolute atomic E-state index is 0.0159. The lowest BCUT2D eigenvalue weighted by atomic mass is 10.0. The molecule has 0 atom stereocenters. The third-order valence-electron chi connectivity index (χ3n) is 13.0. The summed E-state index contributed by atoms with van der Waals surface area (Å²) in [5.74, 6) is 0.545. The largest absolute Gasteiger partial charge is 0.351 e. The molecule has 26 heteroatoms. The number of benzene rings is 4. The number of hydrogen-bond acceptors (Lipinski definition) is 18. The van der Waals surface area contributed by atoms with Crippen molar-refractivity contribution < 1.29 is 25.3 Å². The van der Waals surface area contributed by atoms with E-state index >= 15 is 0 Å². The van der Waals surface area contributed by atoms with Gasteiger partial charge >= 0.3 is 0 Å². The van der Waals surface area contributed by atoms with Crippen LogP contribution in [0.1, 0.15) is 24.0 Å². The van der Waals surface area contributed by atoms with Gasteiger partial charge in [0, 0.05) is 65.6 Å². The zero-order valence-corrected chi connectivity index (χ0v) is 44.2. The van der Waals surface area contributed by atoms with Gasteiger partial charge in [-0.05, 0) is 77.7 Å². The molecule has 1 N–H and O–H groups in total. The normalized spacial score (nSPS) is 13.8. The second kappa shape index (κ2) is 20.3. The Kier molecular flexibility index (Phi) is 13.4. The fraction of sp³-hybridized carbons (Fsp3) is 0.176. The number of pyridine rings is 2. The summed E-state index contributed by atoms with van der Waals surface area (Å²) in [5, 5.41) is 13.6. The minimum atomic E-state index is -4.23. The first kappa shape index (κ1) is 50.8. The summed E-state index contributed by atoms with van der Waals surface area (Å²) < 4.78 is 85.5. The van der Waals surface area contributed by atoms with E-state index in [1.54, 1.807) is 91.3 Å². The number of rotatable bonds is 15. The van der Waals surface area contributed by atoms with E-state index in [9.17, 15) is 34.8 Å². The molecule has 4 aromatic carbocycles. The van der Waals surface area contributed by atoms with Crippen LogP contribution in [-0.4, -0.2) is 119 Å². The molecule has 0 radical (unpaired) electrons. The van der Waals surface area contributed by atoms with Crippen LogP contribution in [0, 0.1) is 0 Å². The smallest absolute Gasteiger partial charge is 0.284 e. The standard InChI is InChI=1S/C51H44N14O8S4/c1-74-51-53-27-38-15-20-44(66)62(48(38)58-51)29-33-11-16-41(17-12-33)77(72,73)65-32-55-47(60-65)37-10-6-9-36(25-37)42-26-45(67)63(49-43(42)28-52-50(57-49)56-39-21-23-61(24-22-39)75(2,68)69)30-34-13-18-40(19-14-34)76(70,71)64-31-54-46(59-64)35-7-4-3-5-8-35/h3-20,25-28,31-32,39H,21-24,29-30H2,1-2H3,(H,52,56,57). The fourth-order valence-corrected chi connectivity index (χ4v) is 12.3. The van der Waals surface area contributed by atoms with Crippen molar-refractivity contribution in [1.29, 1.82) is 0 Å². The van der Waals surface area contributed by atoms with Gasteiger partial charge in [-0.2, -0.15) is 21.8 Å².